The average Bonchev–Trinajstić information content (AvgIpc) is 2.83. The Kier molecular flexibility index (Phi) is 3.62. The molecule has 3 aliphatic rings. The minimum Gasteiger partial charge on any atom is -0.433 e. The normalized spacial score (nSPS) is 29.5. The number of hydrogen-bond donors (Lipinski definition) is 2. The summed E-state index contributed by atoms with van der Waals surface area (Å²) in [5, 5.41) is 26.7. The van der Waals surface area contributed by atoms with Crippen LogP contribution in [0.2, 0.25) is 0 Å². The fraction of sp³-hybridized carbons (Fsp3) is 0.625. The molecule has 1 fully saturated rings. The molecule has 1 unspecified atom stereocenters. The lowest BCUT2D eigenvalue weighted by Crippen LogP contribution is -2.54. The maximum atomic E-state index is 12.9. The number of nitriles is 1. The van der Waals surface area contributed by atoms with Gasteiger partial charge >= 0.3 is 6.09 Å². The van der Waals surface area contributed by atoms with E-state index in [0.29, 0.717) is 18.4 Å². The second-order valence-electron chi connectivity index (χ2n) is 6.98. The molecule has 1 atom stereocenters. The van der Waals surface area contributed by atoms with E-state index >= 15 is 0 Å². The zero-order chi connectivity index (χ0) is 16.8. The van der Waals surface area contributed by atoms with Gasteiger partial charge in [-0.3, -0.25) is 4.79 Å². The number of carbonyl (C=O) groups is 2. The number of allylic oxidation sites excluding steroid dienone is 2. The van der Waals surface area contributed by atoms with Crippen LogP contribution in [0.1, 0.15) is 39.5 Å². The van der Waals surface area contributed by atoms with Crippen LogP contribution in [0.5, 0.6) is 0 Å². The quantitative estimate of drug-likeness (QED) is 0.717. The summed E-state index contributed by atoms with van der Waals surface area (Å²) in [5.74, 6) is -0.168. The number of carboxylic acid groups (broad SMARTS) is 1. The molecule has 7 nitrogen and oxygen atoms in total. The molecular weight excluding hydrogens is 296 g/mol. The summed E-state index contributed by atoms with van der Waals surface area (Å²) < 4.78 is -0.786. The van der Waals surface area contributed by atoms with Crippen LogP contribution in [0.15, 0.2) is 16.4 Å². The highest BCUT2D eigenvalue weighted by molar-refractivity contribution is 6.18. The number of nitrogens with zero attached hydrogens (tertiary/aromatic N) is 3. The minimum absolute atomic E-state index is 0.113. The molecule has 3 rings (SSSR count). The van der Waals surface area contributed by atoms with Crippen LogP contribution in [-0.2, 0) is 4.79 Å². The van der Waals surface area contributed by atoms with Crippen LogP contribution in [0.25, 0.3) is 0 Å². The molecule has 2 N–H and O–H groups in total. The highest BCUT2D eigenvalue weighted by atomic mass is 16.4. The lowest BCUT2D eigenvalue weighted by molar-refractivity contribution is -0.841. The van der Waals surface area contributed by atoms with Crippen molar-refractivity contribution in [2.45, 2.75) is 45.6 Å². The lowest BCUT2D eigenvalue weighted by atomic mass is 9.66. The summed E-state index contributed by atoms with van der Waals surface area (Å²) >= 11 is 0. The molecule has 122 valence electrons. The highest BCUT2D eigenvalue weighted by Crippen LogP contribution is 2.49. The van der Waals surface area contributed by atoms with Crippen molar-refractivity contribution in [1.29, 1.82) is 5.26 Å². The molecule has 23 heavy (non-hydrogen) atoms. The smallest absolute Gasteiger partial charge is 0.433 e. The standard InChI is InChI=1S/C16H20N4O3/c1-10(2)20(15(22)23)14-11(12(9-17)19-20)7-16(8-13(14)21)3-5-18-6-4-16/h10,18H,3-8H2,1-2H3/p+1. The fourth-order valence-corrected chi connectivity index (χ4v) is 4.11. The van der Waals surface area contributed by atoms with E-state index in [1.165, 1.54) is 0 Å². The molecule has 0 aromatic heterocycles. The van der Waals surface area contributed by atoms with Gasteiger partial charge in [0, 0.05) is 6.42 Å². The van der Waals surface area contributed by atoms with Gasteiger partial charge in [0.25, 0.3) is 0 Å². The van der Waals surface area contributed by atoms with Gasteiger partial charge in [-0.2, -0.15) is 10.1 Å². The zero-order valence-electron chi connectivity index (χ0n) is 13.4. The number of nitrogens with one attached hydrogen (secondary N) is 1. The van der Waals surface area contributed by atoms with Crippen molar-refractivity contribution in [2.24, 2.45) is 10.5 Å². The predicted molar refractivity (Wildman–Crippen MR) is 82.3 cm³/mol. The van der Waals surface area contributed by atoms with Crippen molar-refractivity contribution < 1.29 is 19.3 Å². The van der Waals surface area contributed by atoms with E-state index in [1.54, 1.807) is 13.8 Å². The maximum absolute atomic E-state index is 12.9. The minimum atomic E-state index is -1.20. The number of amides is 1. The molecule has 0 saturated carbocycles. The van der Waals surface area contributed by atoms with Crippen LogP contribution < -0.4 is 5.32 Å². The Bertz CT molecular complexity index is 680. The monoisotopic (exact) mass is 317 g/mol. The molecule has 1 amide bonds. The van der Waals surface area contributed by atoms with Crippen molar-refractivity contribution in [1.82, 2.24) is 5.32 Å². The van der Waals surface area contributed by atoms with Crippen LogP contribution >= 0.6 is 0 Å². The van der Waals surface area contributed by atoms with Crippen molar-refractivity contribution in [3.63, 3.8) is 0 Å². The number of hydrogen-bond acceptors (Lipinski definition) is 5. The van der Waals surface area contributed by atoms with Gasteiger partial charge in [-0.15, -0.1) is 0 Å². The predicted octanol–water partition coefficient (Wildman–Crippen LogP) is 1.77. The number of quaternary nitrogens is 1. The molecule has 0 aromatic carbocycles. The molecule has 0 radical (unpaired) electrons. The Morgan fingerprint density at radius 1 is 1.39 bits per heavy atom. The van der Waals surface area contributed by atoms with Gasteiger partial charge < -0.3 is 10.4 Å². The Morgan fingerprint density at radius 3 is 2.57 bits per heavy atom. The van der Waals surface area contributed by atoms with Gasteiger partial charge in [0.1, 0.15) is 12.1 Å². The third kappa shape index (κ3) is 2.13. The topological polar surface area (TPSA) is 103 Å². The van der Waals surface area contributed by atoms with E-state index in [0.717, 1.165) is 25.9 Å². The van der Waals surface area contributed by atoms with Crippen LogP contribution in [0.4, 0.5) is 4.79 Å². The SMILES string of the molecule is CC(C)[N+]1(C(=O)O)N=C(C#N)C2=C1C(=O)CC1(CCNCC1)C2. The number of piperidine rings is 1. The molecule has 1 spiro atoms. The van der Waals surface area contributed by atoms with Crippen LogP contribution in [0, 0.1) is 16.7 Å². The van der Waals surface area contributed by atoms with E-state index in [1.807, 2.05) is 6.07 Å². The van der Waals surface area contributed by atoms with Gasteiger partial charge in [-0.1, -0.05) is 9.69 Å². The third-order valence-corrected chi connectivity index (χ3v) is 5.33. The van der Waals surface area contributed by atoms with Gasteiger partial charge in [0.05, 0.1) is 5.57 Å². The summed E-state index contributed by atoms with van der Waals surface area (Å²) in [6.45, 7) is 5.12. The first-order valence-corrected chi connectivity index (χ1v) is 7.97. The Labute approximate surface area is 134 Å². The maximum Gasteiger partial charge on any atom is 0.546 e. The van der Waals surface area contributed by atoms with Crippen molar-refractivity contribution in [3.8, 4) is 6.07 Å². The van der Waals surface area contributed by atoms with E-state index in [-0.39, 0.29) is 22.6 Å². The molecule has 1 saturated heterocycles. The zero-order valence-corrected chi connectivity index (χ0v) is 13.4. The first-order valence-electron chi connectivity index (χ1n) is 7.97. The summed E-state index contributed by atoms with van der Waals surface area (Å²) in [6, 6.07) is 1.57. The second-order valence-corrected chi connectivity index (χ2v) is 6.98. The lowest BCUT2D eigenvalue weighted by Gasteiger charge is -2.40. The van der Waals surface area contributed by atoms with E-state index in [9.17, 15) is 20.0 Å². The first kappa shape index (κ1) is 15.8. The first-order chi connectivity index (χ1) is 10.9. The molecule has 0 aromatic rings. The summed E-state index contributed by atoms with van der Waals surface area (Å²) in [7, 11) is 0. The summed E-state index contributed by atoms with van der Waals surface area (Å²) in [5.41, 5.74) is 0.714. The van der Waals surface area contributed by atoms with Crippen molar-refractivity contribution in [3.05, 3.63) is 11.3 Å². The van der Waals surface area contributed by atoms with Crippen LogP contribution in [0.3, 0.4) is 0 Å². The van der Waals surface area contributed by atoms with Gasteiger partial charge in [-0.25, -0.2) is 0 Å². The second kappa shape index (κ2) is 5.25. The molecule has 7 heteroatoms. The number of carbonyl (C=O) groups excluding carboxylic acids is 1. The largest absolute Gasteiger partial charge is 0.546 e. The Morgan fingerprint density at radius 2 is 2.04 bits per heavy atom. The van der Waals surface area contributed by atoms with Gasteiger partial charge in [0.15, 0.2) is 0 Å². The van der Waals surface area contributed by atoms with Crippen molar-refractivity contribution in [2.75, 3.05) is 13.1 Å². The molecule has 2 aliphatic heterocycles. The summed E-state index contributed by atoms with van der Waals surface area (Å²) in [6.07, 6.45) is 1.45. The van der Waals surface area contributed by atoms with Crippen molar-refractivity contribution >= 4 is 17.6 Å². The molecular formula is C16H21N4O3+. The van der Waals surface area contributed by atoms with E-state index in [4.69, 9.17) is 0 Å². The van der Waals surface area contributed by atoms with Gasteiger partial charge in [0.2, 0.25) is 17.2 Å². The number of rotatable bonds is 1. The highest BCUT2D eigenvalue weighted by Gasteiger charge is 2.59. The third-order valence-electron chi connectivity index (χ3n) is 5.33. The van der Waals surface area contributed by atoms with E-state index < -0.39 is 16.7 Å². The Hall–Kier alpha value is -2.04. The number of ketones is 1. The number of Topliss-reactive ketones (excluding diaryl/α,β-unsaturated/α-hetero) is 1. The van der Waals surface area contributed by atoms with E-state index in [2.05, 4.69) is 10.4 Å². The van der Waals surface area contributed by atoms with Crippen LogP contribution in [-0.4, -0.2) is 46.4 Å². The Balaban J connectivity index is 2.14. The molecule has 0 bridgehead atoms. The molecule has 2 heterocycles. The summed E-state index contributed by atoms with van der Waals surface area (Å²) in [4.78, 5) is 24.8. The van der Waals surface area contributed by atoms with Gasteiger partial charge in [-0.05, 0) is 51.6 Å². The fourth-order valence-electron chi connectivity index (χ4n) is 4.11. The average molecular weight is 317 g/mol. The molecule has 1 aliphatic carbocycles.